The molecule has 0 aliphatic rings. The van der Waals surface area contributed by atoms with Gasteiger partial charge in [-0.3, -0.25) is 13.9 Å². The number of aryl methyl sites for hydroxylation is 3. The zero-order valence-corrected chi connectivity index (χ0v) is 26.7. The van der Waals surface area contributed by atoms with E-state index in [1.165, 1.54) is 4.90 Å². The van der Waals surface area contributed by atoms with Crippen LogP contribution in [0.5, 0.6) is 0 Å². The topological polar surface area (TPSA) is 86.8 Å². The second kappa shape index (κ2) is 14.8. The normalized spacial score (nSPS) is 11.9. The van der Waals surface area contributed by atoms with Crippen molar-refractivity contribution < 1.29 is 18.0 Å². The van der Waals surface area contributed by atoms with Gasteiger partial charge in [0.25, 0.3) is 10.0 Å². The summed E-state index contributed by atoms with van der Waals surface area (Å²) in [7, 11) is -4.13. The van der Waals surface area contributed by atoms with Crippen molar-refractivity contribution in [2.45, 2.75) is 58.0 Å². The average Bonchev–Trinajstić information content (AvgIpc) is 3.02. The Labute approximate surface area is 261 Å². The van der Waals surface area contributed by atoms with Crippen LogP contribution in [0.15, 0.2) is 108 Å². The highest BCUT2D eigenvalue weighted by molar-refractivity contribution is 7.92. The molecule has 2 amide bonds. The molecule has 0 saturated heterocycles. The van der Waals surface area contributed by atoms with Crippen LogP contribution in [0.25, 0.3) is 0 Å². The third kappa shape index (κ3) is 8.14. The first-order chi connectivity index (χ1) is 21.1. The standard InChI is InChI=1S/C36H41N3O4S/c1-5-23-37-36(41)34(24-30-12-7-6-8-13-30)38(25-31-14-10-9-11-29(31)4)35(40)26-39(32-19-15-27(2)16-20-32)44(42,43)33-21-17-28(3)18-22-33/h6-22,34H,5,23-26H2,1-4H3,(H,37,41)/t34-/m1/s1. The first kappa shape index (κ1) is 32.5. The Morgan fingerprint density at radius 3 is 1.98 bits per heavy atom. The van der Waals surface area contributed by atoms with E-state index in [4.69, 9.17) is 0 Å². The Bertz CT molecular complexity index is 1650. The highest BCUT2D eigenvalue weighted by Gasteiger charge is 2.34. The minimum Gasteiger partial charge on any atom is -0.354 e. The monoisotopic (exact) mass is 611 g/mol. The van der Waals surface area contributed by atoms with Crippen molar-refractivity contribution >= 4 is 27.5 Å². The molecule has 0 unspecified atom stereocenters. The van der Waals surface area contributed by atoms with Crippen molar-refractivity contribution in [1.29, 1.82) is 0 Å². The van der Waals surface area contributed by atoms with Crippen LogP contribution >= 0.6 is 0 Å². The Balaban J connectivity index is 1.80. The van der Waals surface area contributed by atoms with Crippen LogP contribution in [0, 0.1) is 20.8 Å². The van der Waals surface area contributed by atoms with E-state index in [-0.39, 0.29) is 23.8 Å². The molecule has 1 atom stereocenters. The Hall–Kier alpha value is -4.43. The number of nitrogens with one attached hydrogen (secondary N) is 1. The zero-order chi connectivity index (χ0) is 31.7. The van der Waals surface area contributed by atoms with Gasteiger partial charge in [-0.25, -0.2) is 8.42 Å². The Kier molecular flexibility index (Phi) is 11.0. The molecular weight excluding hydrogens is 570 g/mol. The quantitative estimate of drug-likeness (QED) is 0.202. The van der Waals surface area contributed by atoms with Gasteiger partial charge in [-0.1, -0.05) is 96.9 Å². The molecule has 230 valence electrons. The maximum absolute atomic E-state index is 14.5. The number of sulfonamides is 1. The SMILES string of the molecule is CCCNC(=O)[C@@H](Cc1ccccc1)N(Cc1ccccc1C)C(=O)CN(c1ccc(C)cc1)S(=O)(=O)c1ccc(C)cc1. The van der Waals surface area contributed by atoms with Gasteiger partial charge in [-0.05, 0) is 68.1 Å². The van der Waals surface area contributed by atoms with Crippen molar-refractivity contribution in [2.75, 3.05) is 17.4 Å². The number of anilines is 1. The number of nitrogens with zero attached hydrogens (tertiary/aromatic N) is 2. The van der Waals surface area contributed by atoms with Gasteiger partial charge in [-0.2, -0.15) is 0 Å². The fourth-order valence-electron chi connectivity index (χ4n) is 4.97. The van der Waals surface area contributed by atoms with Crippen molar-refractivity contribution in [3.8, 4) is 0 Å². The van der Waals surface area contributed by atoms with Crippen LogP contribution in [0.2, 0.25) is 0 Å². The molecule has 7 nitrogen and oxygen atoms in total. The number of benzene rings is 4. The van der Waals surface area contributed by atoms with E-state index in [2.05, 4.69) is 5.32 Å². The highest BCUT2D eigenvalue weighted by atomic mass is 32.2. The third-order valence-electron chi connectivity index (χ3n) is 7.63. The lowest BCUT2D eigenvalue weighted by Crippen LogP contribution is -2.53. The maximum Gasteiger partial charge on any atom is 0.264 e. The molecule has 8 heteroatoms. The van der Waals surface area contributed by atoms with Gasteiger partial charge in [0.05, 0.1) is 10.6 Å². The number of rotatable bonds is 13. The molecule has 0 bridgehead atoms. The van der Waals surface area contributed by atoms with E-state index in [1.807, 2.05) is 94.4 Å². The number of hydrogen-bond donors (Lipinski definition) is 1. The molecule has 0 fully saturated rings. The van der Waals surface area contributed by atoms with E-state index in [9.17, 15) is 18.0 Å². The van der Waals surface area contributed by atoms with Gasteiger partial charge in [0.1, 0.15) is 12.6 Å². The van der Waals surface area contributed by atoms with Crippen LogP contribution in [0.4, 0.5) is 5.69 Å². The van der Waals surface area contributed by atoms with Gasteiger partial charge < -0.3 is 10.2 Å². The molecule has 0 heterocycles. The molecule has 0 radical (unpaired) electrons. The predicted octanol–water partition coefficient (Wildman–Crippen LogP) is 5.97. The summed E-state index contributed by atoms with van der Waals surface area (Å²) in [5.74, 6) is -0.752. The summed E-state index contributed by atoms with van der Waals surface area (Å²) >= 11 is 0. The second-order valence-electron chi connectivity index (χ2n) is 11.1. The Morgan fingerprint density at radius 2 is 1.36 bits per heavy atom. The lowest BCUT2D eigenvalue weighted by Gasteiger charge is -2.34. The second-order valence-corrected chi connectivity index (χ2v) is 13.0. The van der Waals surface area contributed by atoms with E-state index in [0.717, 1.165) is 38.5 Å². The Morgan fingerprint density at radius 1 is 0.773 bits per heavy atom. The van der Waals surface area contributed by atoms with Gasteiger partial charge in [0.2, 0.25) is 11.8 Å². The number of carbonyl (C=O) groups excluding carboxylic acids is 2. The summed E-state index contributed by atoms with van der Waals surface area (Å²) in [5, 5.41) is 2.98. The summed E-state index contributed by atoms with van der Waals surface area (Å²) in [6.07, 6.45) is 1.02. The van der Waals surface area contributed by atoms with Crippen molar-refractivity contribution in [3.05, 3.63) is 131 Å². The summed E-state index contributed by atoms with van der Waals surface area (Å²) in [5.41, 5.74) is 5.01. The van der Waals surface area contributed by atoms with Crippen LogP contribution in [0.3, 0.4) is 0 Å². The van der Waals surface area contributed by atoms with Gasteiger partial charge in [-0.15, -0.1) is 0 Å². The number of hydrogen-bond acceptors (Lipinski definition) is 4. The first-order valence-electron chi connectivity index (χ1n) is 14.9. The lowest BCUT2D eigenvalue weighted by molar-refractivity contribution is -0.140. The lowest BCUT2D eigenvalue weighted by atomic mass is 10.0. The van der Waals surface area contributed by atoms with Gasteiger partial charge in [0.15, 0.2) is 0 Å². The molecule has 4 aromatic carbocycles. The maximum atomic E-state index is 14.5. The van der Waals surface area contributed by atoms with Gasteiger partial charge in [0, 0.05) is 19.5 Å². The zero-order valence-electron chi connectivity index (χ0n) is 25.9. The predicted molar refractivity (Wildman–Crippen MR) is 176 cm³/mol. The van der Waals surface area contributed by atoms with Crippen LogP contribution in [-0.4, -0.2) is 44.3 Å². The number of amides is 2. The van der Waals surface area contributed by atoms with E-state index >= 15 is 0 Å². The van der Waals surface area contributed by atoms with E-state index in [1.54, 1.807) is 36.4 Å². The van der Waals surface area contributed by atoms with Crippen molar-refractivity contribution in [2.24, 2.45) is 0 Å². The molecule has 0 aliphatic carbocycles. The summed E-state index contributed by atoms with van der Waals surface area (Å²) in [6.45, 7) is 7.87. The smallest absolute Gasteiger partial charge is 0.264 e. The van der Waals surface area contributed by atoms with Crippen LogP contribution < -0.4 is 9.62 Å². The fourth-order valence-corrected chi connectivity index (χ4v) is 6.38. The minimum atomic E-state index is -4.13. The van der Waals surface area contributed by atoms with E-state index in [0.29, 0.717) is 12.2 Å². The molecular formula is C36H41N3O4S. The molecule has 1 N–H and O–H groups in total. The van der Waals surface area contributed by atoms with Crippen molar-refractivity contribution in [3.63, 3.8) is 0 Å². The summed E-state index contributed by atoms with van der Waals surface area (Å²) in [6, 6.07) is 30.0. The molecule has 0 aromatic heterocycles. The molecule has 0 saturated carbocycles. The molecule has 4 rings (SSSR count). The van der Waals surface area contributed by atoms with Crippen LogP contribution in [0.1, 0.15) is 41.2 Å². The summed E-state index contributed by atoms with van der Waals surface area (Å²) < 4.78 is 29.4. The molecule has 0 spiro atoms. The largest absolute Gasteiger partial charge is 0.354 e. The summed E-state index contributed by atoms with van der Waals surface area (Å²) in [4.78, 5) is 29.8. The van der Waals surface area contributed by atoms with Gasteiger partial charge >= 0.3 is 0 Å². The molecule has 0 aliphatic heterocycles. The molecule has 4 aromatic rings. The minimum absolute atomic E-state index is 0.0865. The fraction of sp³-hybridized carbons (Fsp3) is 0.278. The number of carbonyl (C=O) groups is 2. The molecule has 44 heavy (non-hydrogen) atoms. The van der Waals surface area contributed by atoms with Crippen molar-refractivity contribution in [1.82, 2.24) is 10.2 Å². The third-order valence-corrected chi connectivity index (χ3v) is 9.42. The highest BCUT2D eigenvalue weighted by Crippen LogP contribution is 2.26. The average molecular weight is 612 g/mol. The first-order valence-corrected chi connectivity index (χ1v) is 16.4. The van der Waals surface area contributed by atoms with Crippen LogP contribution in [-0.2, 0) is 32.6 Å². The van der Waals surface area contributed by atoms with E-state index < -0.39 is 28.5 Å².